The summed E-state index contributed by atoms with van der Waals surface area (Å²) < 4.78 is 12.7. The number of alkyl halides is 3. The molecule has 0 aliphatic heterocycles. The Morgan fingerprint density at radius 3 is 2.36 bits per heavy atom. The highest BCUT2D eigenvalue weighted by Gasteiger charge is 2.27. The molecule has 0 aliphatic carbocycles. The van der Waals surface area contributed by atoms with Crippen molar-refractivity contribution in [3.63, 3.8) is 0 Å². The van der Waals surface area contributed by atoms with Crippen LogP contribution in [0.25, 0.3) is 0 Å². The lowest BCUT2D eigenvalue weighted by molar-refractivity contribution is -0.156. The first kappa shape index (κ1) is 18.8. The molecule has 0 aliphatic rings. The van der Waals surface area contributed by atoms with Crippen molar-refractivity contribution >= 4 is 46.9 Å². The van der Waals surface area contributed by atoms with E-state index in [2.05, 4.69) is 5.32 Å². The molecule has 0 saturated carbocycles. The van der Waals surface area contributed by atoms with Crippen molar-refractivity contribution in [1.82, 2.24) is 5.32 Å². The van der Waals surface area contributed by atoms with E-state index in [-0.39, 0.29) is 6.61 Å². The molecule has 1 unspecified atom stereocenters. The van der Waals surface area contributed by atoms with Gasteiger partial charge in [-0.3, -0.25) is 5.32 Å². The summed E-state index contributed by atoms with van der Waals surface area (Å²) in [6, 6.07) is 9.03. The number of amides is 1. The molecule has 0 spiro atoms. The third kappa shape index (κ3) is 7.70. The van der Waals surface area contributed by atoms with Gasteiger partial charge in [0.25, 0.3) is 0 Å². The molecule has 0 radical (unpaired) electrons. The minimum Gasteiger partial charge on any atom is -0.458 e. The second kappa shape index (κ2) is 9.05. The lowest BCUT2D eigenvalue weighted by Gasteiger charge is -2.17. The van der Waals surface area contributed by atoms with Crippen molar-refractivity contribution in [1.29, 1.82) is 0 Å². The SMILES string of the molecule is COC(NC(=O)OCc1ccccc1)C(=O)OCC(Cl)(Cl)Cl. The Morgan fingerprint density at radius 1 is 1.18 bits per heavy atom. The zero-order chi connectivity index (χ0) is 16.6. The van der Waals surface area contributed by atoms with Crippen LogP contribution in [0.5, 0.6) is 0 Å². The Labute approximate surface area is 142 Å². The molecule has 1 aromatic carbocycles. The van der Waals surface area contributed by atoms with E-state index in [4.69, 9.17) is 49.0 Å². The van der Waals surface area contributed by atoms with Crippen molar-refractivity contribution < 1.29 is 23.8 Å². The Morgan fingerprint density at radius 2 is 1.82 bits per heavy atom. The summed E-state index contributed by atoms with van der Waals surface area (Å²) in [5.41, 5.74) is 0.797. The zero-order valence-electron chi connectivity index (χ0n) is 11.6. The van der Waals surface area contributed by atoms with E-state index >= 15 is 0 Å². The number of methoxy groups -OCH3 is 1. The van der Waals surface area contributed by atoms with E-state index in [1.165, 1.54) is 7.11 Å². The number of ether oxygens (including phenoxy) is 3. The van der Waals surface area contributed by atoms with E-state index in [1.54, 1.807) is 12.1 Å². The molecule has 22 heavy (non-hydrogen) atoms. The average Bonchev–Trinajstić information content (AvgIpc) is 2.48. The van der Waals surface area contributed by atoms with Gasteiger partial charge in [0.05, 0.1) is 0 Å². The minimum atomic E-state index is -1.75. The molecular formula is C13H14Cl3NO5. The number of carbonyl (C=O) groups is 2. The monoisotopic (exact) mass is 369 g/mol. The molecular weight excluding hydrogens is 357 g/mol. The lowest BCUT2D eigenvalue weighted by Crippen LogP contribution is -2.44. The summed E-state index contributed by atoms with van der Waals surface area (Å²) in [6.07, 6.45) is -2.21. The van der Waals surface area contributed by atoms with E-state index in [0.29, 0.717) is 0 Å². The summed E-state index contributed by atoms with van der Waals surface area (Å²) in [5, 5.41) is 2.19. The van der Waals surface area contributed by atoms with Gasteiger partial charge in [-0.15, -0.1) is 0 Å². The van der Waals surface area contributed by atoms with Crippen molar-refractivity contribution in [2.24, 2.45) is 0 Å². The van der Waals surface area contributed by atoms with Gasteiger partial charge in [-0.1, -0.05) is 65.1 Å². The number of carbonyl (C=O) groups excluding carboxylic acids is 2. The number of halogens is 3. The van der Waals surface area contributed by atoms with Crippen molar-refractivity contribution in [2.75, 3.05) is 13.7 Å². The number of alkyl carbamates (subject to hydrolysis) is 1. The van der Waals surface area contributed by atoms with Crippen LogP contribution in [0, 0.1) is 0 Å². The van der Waals surface area contributed by atoms with Crippen LogP contribution in [0.1, 0.15) is 5.56 Å². The topological polar surface area (TPSA) is 73.9 Å². The molecule has 0 bridgehead atoms. The molecule has 0 heterocycles. The van der Waals surface area contributed by atoms with Crippen LogP contribution >= 0.6 is 34.8 Å². The average molecular weight is 371 g/mol. The van der Waals surface area contributed by atoms with Crippen molar-refractivity contribution in [2.45, 2.75) is 16.6 Å². The highest BCUT2D eigenvalue weighted by Crippen LogP contribution is 2.26. The fraction of sp³-hybridized carbons (Fsp3) is 0.385. The summed E-state index contributed by atoms with van der Waals surface area (Å²) in [6.45, 7) is -0.427. The smallest absolute Gasteiger partial charge is 0.409 e. The number of esters is 1. The predicted octanol–water partition coefficient (Wildman–Crippen LogP) is 2.80. The van der Waals surface area contributed by atoms with Crippen LogP contribution in [-0.2, 0) is 25.6 Å². The standard InChI is InChI=1S/C13H14Cl3NO5/c1-20-10(11(18)22-8-13(14,15)16)17-12(19)21-7-9-5-3-2-4-6-9/h2-6,10H,7-8H2,1H3,(H,17,19). The zero-order valence-corrected chi connectivity index (χ0v) is 13.8. The van der Waals surface area contributed by atoms with Crippen LogP contribution in [0.2, 0.25) is 0 Å². The fourth-order valence-corrected chi connectivity index (χ4v) is 1.48. The molecule has 1 N–H and O–H groups in total. The van der Waals surface area contributed by atoms with Gasteiger partial charge in [0.2, 0.25) is 10.0 Å². The first-order chi connectivity index (χ1) is 10.3. The maximum Gasteiger partial charge on any atom is 0.409 e. The van der Waals surface area contributed by atoms with Gasteiger partial charge in [-0.25, -0.2) is 9.59 Å². The first-order valence-corrected chi connectivity index (χ1v) is 7.18. The van der Waals surface area contributed by atoms with Crippen LogP contribution in [0.15, 0.2) is 30.3 Å². The molecule has 0 saturated heterocycles. The van der Waals surface area contributed by atoms with Crippen LogP contribution in [-0.4, -0.2) is 35.8 Å². The number of hydrogen-bond donors (Lipinski definition) is 1. The van der Waals surface area contributed by atoms with Gasteiger partial charge in [0.15, 0.2) is 0 Å². The van der Waals surface area contributed by atoms with Crippen molar-refractivity contribution in [3.05, 3.63) is 35.9 Å². The minimum absolute atomic E-state index is 0.0479. The van der Waals surface area contributed by atoms with Crippen LogP contribution in [0.3, 0.4) is 0 Å². The first-order valence-electron chi connectivity index (χ1n) is 6.05. The van der Waals surface area contributed by atoms with E-state index in [0.717, 1.165) is 5.56 Å². The molecule has 6 nitrogen and oxygen atoms in total. The van der Waals surface area contributed by atoms with Gasteiger partial charge >= 0.3 is 12.1 Å². The maximum atomic E-state index is 11.6. The van der Waals surface area contributed by atoms with Gasteiger partial charge in [-0.05, 0) is 5.56 Å². The fourth-order valence-electron chi connectivity index (χ4n) is 1.31. The number of hydrogen-bond acceptors (Lipinski definition) is 5. The normalized spacial score (nSPS) is 12.4. The quantitative estimate of drug-likeness (QED) is 0.473. The number of nitrogens with one attached hydrogen (secondary N) is 1. The molecule has 9 heteroatoms. The third-order valence-corrected chi connectivity index (χ3v) is 2.62. The van der Waals surface area contributed by atoms with Crippen LogP contribution in [0.4, 0.5) is 4.79 Å². The Balaban J connectivity index is 2.41. The van der Waals surface area contributed by atoms with E-state index in [9.17, 15) is 9.59 Å². The summed E-state index contributed by atoms with van der Waals surface area (Å²) in [5.74, 6) is -0.912. The van der Waals surface area contributed by atoms with Crippen LogP contribution < -0.4 is 5.32 Å². The highest BCUT2D eigenvalue weighted by atomic mass is 35.6. The second-order valence-electron chi connectivity index (χ2n) is 4.04. The second-order valence-corrected chi connectivity index (χ2v) is 6.56. The highest BCUT2D eigenvalue weighted by molar-refractivity contribution is 6.67. The molecule has 1 rings (SSSR count). The Hall–Kier alpha value is -1.21. The molecule has 0 aromatic heterocycles. The Bertz CT molecular complexity index is 492. The lowest BCUT2D eigenvalue weighted by atomic mass is 10.2. The summed E-state index contributed by atoms with van der Waals surface area (Å²) in [4.78, 5) is 23.2. The molecule has 1 amide bonds. The predicted molar refractivity (Wildman–Crippen MR) is 81.8 cm³/mol. The molecule has 122 valence electrons. The van der Waals surface area contributed by atoms with Crippen molar-refractivity contribution in [3.8, 4) is 0 Å². The van der Waals surface area contributed by atoms with Gasteiger partial charge < -0.3 is 14.2 Å². The van der Waals surface area contributed by atoms with Gasteiger partial charge in [-0.2, -0.15) is 0 Å². The van der Waals surface area contributed by atoms with E-state index in [1.807, 2.05) is 18.2 Å². The number of benzene rings is 1. The molecule has 1 aromatic rings. The third-order valence-electron chi connectivity index (χ3n) is 2.29. The Kier molecular flexibility index (Phi) is 7.75. The largest absolute Gasteiger partial charge is 0.458 e. The van der Waals surface area contributed by atoms with E-state index < -0.39 is 28.7 Å². The van der Waals surface area contributed by atoms with Gasteiger partial charge in [0.1, 0.15) is 13.2 Å². The molecule has 1 atom stereocenters. The summed E-state index contributed by atoms with van der Waals surface area (Å²) >= 11 is 16.3. The number of rotatable bonds is 6. The summed E-state index contributed by atoms with van der Waals surface area (Å²) in [7, 11) is 1.21. The van der Waals surface area contributed by atoms with Gasteiger partial charge in [0, 0.05) is 7.11 Å². The maximum absolute atomic E-state index is 11.6. The molecule has 0 fully saturated rings.